The largest absolute Gasteiger partial charge is 0.374 e. The third-order valence-corrected chi connectivity index (χ3v) is 11.3. The number of rotatable bonds is 16. The molecule has 7 aromatic rings. The van der Waals surface area contributed by atoms with E-state index in [1.807, 2.05) is 78.9 Å². The molecular formula is C51H49NO7. The van der Waals surface area contributed by atoms with Crippen LogP contribution >= 0.6 is 0 Å². The second kappa shape index (κ2) is 18.2. The third-order valence-electron chi connectivity index (χ3n) is 11.3. The van der Waals surface area contributed by atoms with Crippen molar-refractivity contribution in [3.8, 4) is 0 Å². The first kappa shape index (κ1) is 39.0. The molecule has 8 heteroatoms. The first-order valence-corrected chi connectivity index (χ1v) is 20.5. The maximum Gasteiger partial charge on any atom is 0.226 e. The summed E-state index contributed by atoms with van der Waals surface area (Å²) in [5.41, 5.74) is 9.94. The first-order chi connectivity index (χ1) is 29.1. The highest BCUT2D eigenvalue weighted by molar-refractivity contribution is 5.82. The molecule has 1 spiro atoms. The summed E-state index contributed by atoms with van der Waals surface area (Å²) < 4.78 is 47.9. The normalized spacial score (nSPS) is 21.2. The Labute approximate surface area is 345 Å². The molecule has 2 aliphatic heterocycles. The zero-order chi connectivity index (χ0) is 39.9. The highest BCUT2D eigenvalue weighted by Gasteiger charge is 2.61. The molecule has 0 saturated carbocycles. The van der Waals surface area contributed by atoms with E-state index in [0.717, 1.165) is 56.4 Å². The average molecular weight is 788 g/mol. The standard InChI is InChI=1S/C51H49NO7/c1-2-36-23-25-37(26-24-36)27-45-43-29-44-42(28-46(43)59-52-45)34-57-51(44)50(56-33-41-21-13-6-14-22-41)49(55-32-40-19-11-5-12-20-40)48(54-31-39-17-9-4-10-18-39)47(58-51)35-53-30-38-15-7-3-8-16-38/h3-26,28-29,47-50H,2,27,30-35H2,1H3/t47-,48-,49+,50-,51+/m1/s1. The molecule has 0 bridgehead atoms. The van der Waals surface area contributed by atoms with Crippen molar-refractivity contribution < 1.29 is 32.9 Å². The van der Waals surface area contributed by atoms with Crippen LogP contribution in [0.3, 0.4) is 0 Å². The molecule has 0 amide bonds. The summed E-state index contributed by atoms with van der Waals surface area (Å²) in [5.74, 6) is -1.38. The van der Waals surface area contributed by atoms with Gasteiger partial charge in [0.25, 0.3) is 0 Å². The number of aryl methyl sites for hydroxylation is 1. The van der Waals surface area contributed by atoms with E-state index < -0.39 is 30.2 Å². The Bertz CT molecular complexity index is 2390. The molecule has 0 unspecified atom stereocenters. The van der Waals surface area contributed by atoms with Gasteiger partial charge in [-0.05, 0) is 57.5 Å². The van der Waals surface area contributed by atoms with Crippen LogP contribution in [0.25, 0.3) is 11.0 Å². The van der Waals surface area contributed by atoms with E-state index >= 15 is 0 Å². The molecule has 1 aromatic heterocycles. The van der Waals surface area contributed by atoms with Crippen molar-refractivity contribution in [2.45, 2.75) is 83.0 Å². The highest BCUT2D eigenvalue weighted by atomic mass is 16.7. The van der Waals surface area contributed by atoms with Crippen LogP contribution in [0.1, 0.15) is 57.1 Å². The van der Waals surface area contributed by atoms with Crippen LogP contribution < -0.4 is 0 Å². The van der Waals surface area contributed by atoms with Crippen LogP contribution in [0.15, 0.2) is 162 Å². The summed E-state index contributed by atoms with van der Waals surface area (Å²) in [6.07, 6.45) is -1.02. The Balaban J connectivity index is 1.13. The summed E-state index contributed by atoms with van der Waals surface area (Å²) in [5, 5.41) is 5.48. The lowest BCUT2D eigenvalue weighted by Gasteiger charge is -2.51. The van der Waals surface area contributed by atoms with Crippen molar-refractivity contribution in [3.63, 3.8) is 0 Å². The monoisotopic (exact) mass is 787 g/mol. The number of fused-ring (bicyclic) bond motifs is 3. The first-order valence-electron chi connectivity index (χ1n) is 20.5. The Morgan fingerprint density at radius 2 is 1.14 bits per heavy atom. The molecule has 0 aliphatic carbocycles. The van der Waals surface area contributed by atoms with Gasteiger partial charge in [-0.15, -0.1) is 0 Å². The van der Waals surface area contributed by atoms with Crippen LogP contribution in [0.5, 0.6) is 0 Å². The van der Waals surface area contributed by atoms with Gasteiger partial charge in [-0.25, -0.2) is 0 Å². The number of hydrogen-bond acceptors (Lipinski definition) is 8. The summed E-state index contributed by atoms with van der Waals surface area (Å²) in [7, 11) is 0. The molecule has 1 fully saturated rings. The zero-order valence-corrected chi connectivity index (χ0v) is 33.3. The second-order valence-corrected chi connectivity index (χ2v) is 15.3. The molecule has 8 nitrogen and oxygen atoms in total. The van der Waals surface area contributed by atoms with Crippen molar-refractivity contribution in [1.82, 2.24) is 5.16 Å². The Morgan fingerprint density at radius 1 is 0.593 bits per heavy atom. The van der Waals surface area contributed by atoms with E-state index in [4.69, 9.17) is 32.9 Å². The molecular weight excluding hydrogens is 739 g/mol. The van der Waals surface area contributed by atoms with Gasteiger partial charge in [-0.1, -0.05) is 158 Å². The van der Waals surface area contributed by atoms with Crippen LogP contribution in [0.4, 0.5) is 0 Å². The number of benzene rings is 6. The van der Waals surface area contributed by atoms with Gasteiger partial charge in [0.2, 0.25) is 5.79 Å². The van der Waals surface area contributed by atoms with E-state index in [0.29, 0.717) is 38.4 Å². The molecule has 3 heterocycles. The van der Waals surface area contributed by atoms with Gasteiger partial charge in [0.1, 0.15) is 24.4 Å². The molecule has 9 rings (SSSR count). The van der Waals surface area contributed by atoms with E-state index in [1.165, 1.54) is 5.56 Å². The Hall–Kier alpha value is -5.45. The van der Waals surface area contributed by atoms with Gasteiger partial charge in [0.05, 0.1) is 45.3 Å². The number of ether oxygens (including phenoxy) is 6. The van der Waals surface area contributed by atoms with Crippen molar-refractivity contribution >= 4 is 11.0 Å². The van der Waals surface area contributed by atoms with Crippen molar-refractivity contribution in [1.29, 1.82) is 0 Å². The second-order valence-electron chi connectivity index (χ2n) is 15.3. The quantitative estimate of drug-likeness (QED) is 0.0958. The maximum atomic E-state index is 7.36. The van der Waals surface area contributed by atoms with Gasteiger partial charge in [0, 0.05) is 17.4 Å². The Kier molecular flexibility index (Phi) is 12.1. The van der Waals surface area contributed by atoms with Gasteiger partial charge in [0.15, 0.2) is 5.58 Å². The minimum absolute atomic E-state index is 0.222. The SMILES string of the molecule is CCc1ccc(Cc2noc3cc4c(cc23)[C@]2(OC4)O[C@H](COCc3ccccc3)[C@@H](OCc3ccccc3)[C@H](OCc3ccccc3)[C@H]2OCc2ccccc2)cc1. The zero-order valence-electron chi connectivity index (χ0n) is 33.3. The highest BCUT2D eigenvalue weighted by Crippen LogP contribution is 2.50. The molecule has 6 aromatic carbocycles. The van der Waals surface area contributed by atoms with E-state index in [1.54, 1.807) is 0 Å². The van der Waals surface area contributed by atoms with Gasteiger partial charge < -0.3 is 32.9 Å². The van der Waals surface area contributed by atoms with Crippen molar-refractivity contribution in [3.05, 3.63) is 208 Å². The fourth-order valence-corrected chi connectivity index (χ4v) is 8.17. The molecule has 0 radical (unpaired) electrons. The summed E-state index contributed by atoms with van der Waals surface area (Å²) in [6, 6.07) is 53.5. The van der Waals surface area contributed by atoms with E-state index in [-0.39, 0.29) is 13.2 Å². The van der Waals surface area contributed by atoms with Crippen LogP contribution in [0, 0.1) is 0 Å². The minimum Gasteiger partial charge on any atom is -0.374 e. The number of nitrogens with zero attached hydrogens (tertiary/aromatic N) is 1. The predicted molar refractivity (Wildman–Crippen MR) is 225 cm³/mol. The molecule has 1 saturated heterocycles. The van der Waals surface area contributed by atoms with Crippen LogP contribution in [-0.4, -0.2) is 36.2 Å². The molecule has 5 atom stereocenters. The van der Waals surface area contributed by atoms with Crippen molar-refractivity contribution in [2.24, 2.45) is 0 Å². The van der Waals surface area contributed by atoms with Crippen LogP contribution in [-0.2, 0) is 80.1 Å². The number of aromatic nitrogens is 1. The topological polar surface area (TPSA) is 81.4 Å². The maximum absolute atomic E-state index is 7.36. The Morgan fingerprint density at radius 3 is 1.73 bits per heavy atom. The van der Waals surface area contributed by atoms with Crippen LogP contribution in [0.2, 0.25) is 0 Å². The fourth-order valence-electron chi connectivity index (χ4n) is 8.17. The van der Waals surface area contributed by atoms with E-state index in [9.17, 15) is 0 Å². The smallest absolute Gasteiger partial charge is 0.226 e. The molecule has 0 N–H and O–H groups in total. The molecule has 59 heavy (non-hydrogen) atoms. The lowest BCUT2D eigenvalue weighted by atomic mass is 9.86. The minimum atomic E-state index is -1.38. The average Bonchev–Trinajstić information content (AvgIpc) is 3.85. The lowest BCUT2D eigenvalue weighted by molar-refractivity contribution is -0.387. The van der Waals surface area contributed by atoms with Gasteiger partial charge in [-0.3, -0.25) is 0 Å². The summed E-state index contributed by atoms with van der Waals surface area (Å²) >= 11 is 0. The summed E-state index contributed by atoms with van der Waals surface area (Å²) in [4.78, 5) is 0. The molecule has 300 valence electrons. The summed E-state index contributed by atoms with van der Waals surface area (Å²) in [6.45, 7) is 4.05. The molecule has 2 aliphatic rings. The number of hydrogen-bond donors (Lipinski definition) is 0. The predicted octanol–water partition coefficient (Wildman–Crippen LogP) is 10.0. The van der Waals surface area contributed by atoms with Gasteiger partial charge >= 0.3 is 0 Å². The van der Waals surface area contributed by atoms with E-state index in [2.05, 4.69) is 90.9 Å². The lowest BCUT2D eigenvalue weighted by Crippen LogP contribution is -2.65. The fraction of sp³-hybridized carbons (Fsp3) is 0.275. The van der Waals surface area contributed by atoms with Gasteiger partial charge in [-0.2, -0.15) is 0 Å². The van der Waals surface area contributed by atoms with Crippen molar-refractivity contribution in [2.75, 3.05) is 6.61 Å². The third kappa shape index (κ3) is 8.80.